The zero-order valence-corrected chi connectivity index (χ0v) is 12.5. The first kappa shape index (κ1) is 13.9. The van der Waals surface area contributed by atoms with Gasteiger partial charge in [-0.05, 0) is 12.8 Å². The molecule has 2 saturated heterocycles. The van der Waals surface area contributed by atoms with Gasteiger partial charge in [-0.25, -0.2) is 4.79 Å². The summed E-state index contributed by atoms with van der Waals surface area (Å²) in [5.74, 6) is 0.866. The van der Waals surface area contributed by atoms with E-state index < -0.39 is 0 Å². The van der Waals surface area contributed by atoms with Gasteiger partial charge in [-0.3, -0.25) is 5.10 Å². The monoisotopic (exact) mass is 307 g/mol. The third kappa shape index (κ3) is 2.54. The Hall–Kier alpha value is -1.76. The van der Waals surface area contributed by atoms with E-state index in [2.05, 4.69) is 10.2 Å². The Morgan fingerprint density at radius 3 is 3.05 bits per heavy atom. The van der Waals surface area contributed by atoms with E-state index in [0.717, 1.165) is 43.5 Å². The van der Waals surface area contributed by atoms with Crippen molar-refractivity contribution in [1.29, 1.82) is 0 Å². The van der Waals surface area contributed by atoms with Crippen LogP contribution in [0.5, 0.6) is 5.75 Å². The fourth-order valence-corrected chi connectivity index (χ4v) is 3.48. The maximum atomic E-state index is 12.2. The summed E-state index contributed by atoms with van der Waals surface area (Å²) >= 11 is 0. The second-order valence-corrected chi connectivity index (χ2v) is 6.35. The minimum Gasteiger partial charge on any atom is -0.484 e. The molecule has 1 amide bonds. The lowest BCUT2D eigenvalue weighted by molar-refractivity contribution is -0.0198. The third-order valence-electron chi connectivity index (χ3n) is 4.92. The average molecular weight is 307 g/mol. The van der Waals surface area contributed by atoms with Gasteiger partial charge in [0.05, 0.1) is 25.1 Å². The molecule has 1 unspecified atom stereocenters. The molecule has 0 aliphatic carbocycles. The number of likely N-dealkylation sites (tertiary alicyclic amines) is 1. The number of carbonyl (C=O) groups excluding carboxylic acids is 1. The summed E-state index contributed by atoms with van der Waals surface area (Å²) in [7, 11) is 0. The van der Waals surface area contributed by atoms with Gasteiger partial charge in [-0.15, -0.1) is 0 Å². The lowest BCUT2D eigenvalue weighted by atomic mass is 9.84. The van der Waals surface area contributed by atoms with Gasteiger partial charge in [0.25, 0.3) is 0 Å². The maximum Gasteiger partial charge on any atom is 0.410 e. The number of nitrogens with one attached hydrogen (secondary N) is 1. The maximum absolute atomic E-state index is 12.2. The largest absolute Gasteiger partial charge is 0.484 e. The van der Waals surface area contributed by atoms with Gasteiger partial charge >= 0.3 is 6.09 Å². The second kappa shape index (κ2) is 5.46. The van der Waals surface area contributed by atoms with Gasteiger partial charge in [0.1, 0.15) is 11.7 Å². The Morgan fingerprint density at radius 1 is 1.41 bits per heavy atom. The number of hydrogen-bond acceptors (Lipinski definition) is 5. The fraction of sp³-hybridized carbons (Fsp3) is 0.733. The van der Waals surface area contributed by atoms with Gasteiger partial charge in [0.15, 0.2) is 5.75 Å². The van der Waals surface area contributed by atoms with Crippen molar-refractivity contribution in [1.82, 2.24) is 15.1 Å². The summed E-state index contributed by atoms with van der Waals surface area (Å²) in [6.45, 7) is 2.57. The van der Waals surface area contributed by atoms with Crippen LogP contribution in [0.1, 0.15) is 31.4 Å². The number of piperidine rings is 1. The molecule has 22 heavy (non-hydrogen) atoms. The Kier molecular flexibility index (Phi) is 3.44. The molecule has 3 aliphatic heterocycles. The minimum atomic E-state index is -0.217. The van der Waals surface area contributed by atoms with Crippen LogP contribution in [-0.2, 0) is 15.9 Å². The minimum absolute atomic E-state index is 0.0807. The van der Waals surface area contributed by atoms with Gasteiger partial charge in [-0.1, -0.05) is 0 Å². The van der Waals surface area contributed by atoms with Crippen LogP contribution in [0.2, 0.25) is 0 Å². The van der Waals surface area contributed by atoms with Crippen molar-refractivity contribution in [2.24, 2.45) is 0 Å². The number of nitrogens with zero attached hydrogens (tertiary/aromatic N) is 2. The van der Waals surface area contributed by atoms with Crippen molar-refractivity contribution >= 4 is 6.09 Å². The average Bonchev–Trinajstić information content (AvgIpc) is 3.18. The summed E-state index contributed by atoms with van der Waals surface area (Å²) in [5.41, 5.74) is 0.929. The molecule has 4 rings (SSSR count). The fourth-order valence-electron chi connectivity index (χ4n) is 3.48. The van der Waals surface area contributed by atoms with Crippen LogP contribution in [0.15, 0.2) is 6.20 Å². The molecule has 7 nitrogen and oxygen atoms in total. The Balaban J connectivity index is 1.33. The summed E-state index contributed by atoms with van der Waals surface area (Å²) in [6.07, 6.45) is 5.86. The van der Waals surface area contributed by atoms with Crippen LogP contribution in [0, 0.1) is 0 Å². The Bertz CT molecular complexity index is 545. The molecule has 0 saturated carbocycles. The Labute approximate surface area is 128 Å². The van der Waals surface area contributed by atoms with Crippen molar-refractivity contribution in [2.75, 3.05) is 26.3 Å². The number of hydrogen-bond donors (Lipinski definition) is 1. The van der Waals surface area contributed by atoms with Crippen LogP contribution >= 0.6 is 0 Å². The summed E-state index contributed by atoms with van der Waals surface area (Å²) in [5, 5.41) is 7.01. The lowest BCUT2D eigenvalue weighted by Gasteiger charge is -2.43. The molecule has 3 aliphatic rings. The van der Waals surface area contributed by atoms with Gasteiger partial charge in [0.2, 0.25) is 0 Å². The number of H-pyrrole nitrogens is 1. The molecule has 7 heteroatoms. The molecule has 0 bridgehead atoms. The highest BCUT2D eigenvalue weighted by molar-refractivity contribution is 5.68. The molecule has 1 N–H and O–H groups in total. The molecular weight excluding hydrogens is 286 g/mol. The highest BCUT2D eigenvalue weighted by Crippen LogP contribution is 2.38. The summed E-state index contributed by atoms with van der Waals surface area (Å²) in [4.78, 5) is 14.0. The highest BCUT2D eigenvalue weighted by atomic mass is 16.6. The van der Waals surface area contributed by atoms with E-state index in [0.29, 0.717) is 26.3 Å². The van der Waals surface area contributed by atoms with E-state index in [1.165, 1.54) is 0 Å². The highest BCUT2D eigenvalue weighted by Gasteiger charge is 2.41. The van der Waals surface area contributed by atoms with E-state index in [1.807, 2.05) is 0 Å². The molecule has 1 spiro atoms. The number of amides is 1. The number of aromatic amines is 1. The quantitative estimate of drug-likeness (QED) is 0.850. The van der Waals surface area contributed by atoms with Gasteiger partial charge in [-0.2, -0.15) is 5.10 Å². The van der Waals surface area contributed by atoms with Crippen molar-refractivity contribution in [2.45, 2.75) is 43.8 Å². The number of fused-ring (bicyclic) bond motifs is 1. The molecule has 0 aromatic carbocycles. The van der Waals surface area contributed by atoms with Crippen molar-refractivity contribution in [3.8, 4) is 5.75 Å². The lowest BCUT2D eigenvalue weighted by Crippen LogP contribution is -2.51. The molecule has 1 aromatic rings. The van der Waals surface area contributed by atoms with Crippen LogP contribution in [0.4, 0.5) is 4.79 Å². The van der Waals surface area contributed by atoms with E-state index in [1.54, 1.807) is 11.1 Å². The van der Waals surface area contributed by atoms with Crippen molar-refractivity contribution < 1.29 is 19.0 Å². The van der Waals surface area contributed by atoms with Gasteiger partial charge in [0, 0.05) is 32.4 Å². The second-order valence-electron chi connectivity index (χ2n) is 6.35. The van der Waals surface area contributed by atoms with E-state index in [4.69, 9.17) is 14.2 Å². The normalized spacial score (nSPS) is 26.5. The zero-order valence-electron chi connectivity index (χ0n) is 12.5. The molecule has 120 valence electrons. The Morgan fingerprint density at radius 2 is 2.27 bits per heavy atom. The molecular formula is C15H21N3O4. The smallest absolute Gasteiger partial charge is 0.410 e. The van der Waals surface area contributed by atoms with Crippen molar-refractivity contribution in [3.63, 3.8) is 0 Å². The standard InChI is InChI=1S/C15H21N3O4/c19-14(21-11-2-8-20-10-11)18-6-4-15(5-7-18)3-1-12-13(22-15)9-16-17-12/h9,11H,1-8,10H2,(H,16,17). The summed E-state index contributed by atoms with van der Waals surface area (Å²) in [6, 6.07) is 0. The molecule has 1 aromatic heterocycles. The first-order chi connectivity index (χ1) is 10.7. The zero-order chi connectivity index (χ0) is 15.0. The number of carbonyl (C=O) groups is 1. The predicted octanol–water partition coefficient (Wildman–Crippen LogP) is 1.49. The van der Waals surface area contributed by atoms with Crippen LogP contribution in [0.3, 0.4) is 0 Å². The topological polar surface area (TPSA) is 76.7 Å². The third-order valence-corrected chi connectivity index (χ3v) is 4.92. The van der Waals surface area contributed by atoms with E-state index in [-0.39, 0.29) is 17.8 Å². The van der Waals surface area contributed by atoms with E-state index >= 15 is 0 Å². The molecule has 1 atom stereocenters. The van der Waals surface area contributed by atoms with Crippen molar-refractivity contribution in [3.05, 3.63) is 11.9 Å². The van der Waals surface area contributed by atoms with E-state index in [9.17, 15) is 4.79 Å². The molecule has 4 heterocycles. The molecule has 2 fully saturated rings. The number of aryl methyl sites for hydroxylation is 1. The molecule has 0 radical (unpaired) electrons. The van der Waals surface area contributed by atoms with Crippen LogP contribution in [0.25, 0.3) is 0 Å². The van der Waals surface area contributed by atoms with Gasteiger partial charge < -0.3 is 19.1 Å². The van der Waals surface area contributed by atoms with Crippen LogP contribution in [-0.4, -0.2) is 59.2 Å². The SMILES string of the molecule is O=C(OC1CCOC1)N1CCC2(CCc3[nH]ncc3O2)CC1. The predicted molar refractivity (Wildman–Crippen MR) is 76.8 cm³/mol. The van der Waals surface area contributed by atoms with Crippen LogP contribution < -0.4 is 4.74 Å². The first-order valence-electron chi connectivity index (χ1n) is 7.99. The number of rotatable bonds is 1. The number of aromatic nitrogens is 2. The summed E-state index contributed by atoms with van der Waals surface area (Å²) < 4.78 is 16.9. The number of ether oxygens (including phenoxy) is 3. The first-order valence-corrected chi connectivity index (χ1v) is 7.99.